The average Bonchev–Trinajstić information content (AvgIpc) is 2.41. The number of amides is 2. The highest BCUT2D eigenvalue weighted by Gasteiger charge is 2.19. The lowest BCUT2D eigenvalue weighted by Crippen LogP contribution is -2.39. The van der Waals surface area contributed by atoms with Gasteiger partial charge < -0.3 is 10.6 Å². The first-order valence-corrected chi connectivity index (χ1v) is 6.86. The molecule has 2 N–H and O–H groups in total. The minimum atomic E-state index is -0.481. The van der Waals surface area contributed by atoms with E-state index in [1.165, 1.54) is 12.1 Å². The number of carbonyl (C=O) groups excluding carboxylic acids is 1. The summed E-state index contributed by atoms with van der Waals surface area (Å²) >= 11 is 0. The van der Waals surface area contributed by atoms with Gasteiger partial charge in [0.05, 0.1) is 4.92 Å². The topological polar surface area (TPSA) is 84.3 Å². The zero-order valence-electron chi connectivity index (χ0n) is 11.5. The van der Waals surface area contributed by atoms with E-state index in [9.17, 15) is 14.9 Å². The van der Waals surface area contributed by atoms with Gasteiger partial charge in [-0.3, -0.25) is 10.1 Å². The maximum absolute atomic E-state index is 11.9. The Morgan fingerprint density at radius 3 is 2.65 bits per heavy atom. The first-order valence-electron chi connectivity index (χ1n) is 6.86. The second kappa shape index (κ2) is 6.36. The molecule has 0 radical (unpaired) electrons. The van der Waals surface area contributed by atoms with Gasteiger partial charge in [-0.2, -0.15) is 0 Å². The first kappa shape index (κ1) is 14.3. The standard InChI is InChI=1S/C14H19N3O3/c1-10-5-7-11(8-6-10)15-14(18)16-12-3-2-4-13(9-12)17(19)20/h2-4,9-11H,5-8H2,1H3,(H2,15,16,18). The molecule has 0 aromatic heterocycles. The fraction of sp³-hybridized carbons (Fsp3) is 0.500. The van der Waals surface area contributed by atoms with Crippen molar-refractivity contribution in [1.29, 1.82) is 0 Å². The number of nitrogens with zero attached hydrogens (tertiary/aromatic N) is 1. The number of urea groups is 1. The van der Waals surface area contributed by atoms with Crippen molar-refractivity contribution in [2.24, 2.45) is 5.92 Å². The number of rotatable bonds is 3. The van der Waals surface area contributed by atoms with Crippen LogP contribution in [-0.2, 0) is 0 Å². The van der Waals surface area contributed by atoms with Crippen molar-refractivity contribution < 1.29 is 9.72 Å². The molecular formula is C14H19N3O3. The number of nitro benzene ring substituents is 1. The van der Waals surface area contributed by atoms with Crippen molar-refractivity contribution in [2.45, 2.75) is 38.6 Å². The number of hydrogen-bond acceptors (Lipinski definition) is 3. The van der Waals surface area contributed by atoms with E-state index in [2.05, 4.69) is 17.6 Å². The molecule has 0 spiro atoms. The summed E-state index contributed by atoms with van der Waals surface area (Å²) in [5, 5.41) is 16.2. The summed E-state index contributed by atoms with van der Waals surface area (Å²) in [6, 6.07) is 5.83. The van der Waals surface area contributed by atoms with Gasteiger partial charge in [-0.15, -0.1) is 0 Å². The van der Waals surface area contributed by atoms with Gasteiger partial charge in [0.2, 0.25) is 0 Å². The van der Waals surface area contributed by atoms with E-state index in [1.54, 1.807) is 12.1 Å². The molecule has 6 nitrogen and oxygen atoms in total. The molecule has 0 bridgehead atoms. The quantitative estimate of drug-likeness (QED) is 0.656. The van der Waals surface area contributed by atoms with Crippen LogP contribution < -0.4 is 10.6 Å². The molecule has 20 heavy (non-hydrogen) atoms. The van der Waals surface area contributed by atoms with E-state index in [-0.39, 0.29) is 17.8 Å². The summed E-state index contributed by atoms with van der Waals surface area (Å²) in [6.07, 6.45) is 4.23. The molecule has 1 saturated carbocycles. The van der Waals surface area contributed by atoms with Crippen molar-refractivity contribution in [3.63, 3.8) is 0 Å². The van der Waals surface area contributed by atoms with E-state index in [0.717, 1.165) is 31.6 Å². The number of non-ortho nitro benzene ring substituents is 1. The van der Waals surface area contributed by atoms with Crippen molar-refractivity contribution in [3.05, 3.63) is 34.4 Å². The van der Waals surface area contributed by atoms with E-state index < -0.39 is 4.92 Å². The largest absolute Gasteiger partial charge is 0.335 e. The van der Waals surface area contributed by atoms with Crippen LogP contribution in [0.1, 0.15) is 32.6 Å². The zero-order chi connectivity index (χ0) is 14.5. The summed E-state index contributed by atoms with van der Waals surface area (Å²) in [7, 11) is 0. The fourth-order valence-corrected chi connectivity index (χ4v) is 2.45. The number of benzene rings is 1. The van der Waals surface area contributed by atoms with Crippen LogP contribution in [0.5, 0.6) is 0 Å². The van der Waals surface area contributed by atoms with Crippen LogP contribution in [0.3, 0.4) is 0 Å². The Hall–Kier alpha value is -2.11. The van der Waals surface area contributed by atoms with E-state index >= 15 is 0 Å². The lowest BCUT2D eigenvalue weighted by Gasteiger charge is -2.26. The van der Waals surface area contributed by atoms with Gasteiger partial charge in [0.25, 0.3) is 5.69 Å². The number of anilines is 1. The van der Waals surface area contributed by atoms with Crippen LogP contribution in [0.15, 0.2) is 24.3 Å². The van der Waals surface area contributed by atoms with Crippen molar-refractivity contribution in [3.8, 4) is 0 Å². The Morgan fingerprint density at radius 2 is 2.00 bits per heavy atom. The summed E-state index contributed by atoms with van der Waals surface area (Å²) in [5.41, 5.74) is 0.398. The molecule has 0 aliphatic heterocycles. The van der Waals surface area contributed by atoms with Crippen molar-refractivity contribution in [1.82, 2.24) is 5.32 Å². The highest BCUT2D eigenvalue weighted by atomic mass is 16.6. The Labute approximate surface area is 117 Å². The van der Waals surface area contributed by atoms with E-state index in [4.69, 9.17) is 0 Å². The average molecular weight is 277 g/mol. The number of hydrogen-bond donors (Lipinski definition) is 2. The zero-order valence-corrected chi connectivity index (χ0v) is 11.5. The molecule has 1 aromatic rings. The van der Waals surface area contributed by atoms with Crippen LogP contribution in [-0.4, -0.2) is 17.0 Å². The Balaban J connectivity index is 1.88. The molecule has 108 valence electrons. The van der Waals surface area contributed by atoms with E-state index in [0.29, 0.717) is 5.69 Å². The Bertz CT molecular complexity index is 496. The molecular weight excluding hydrogens is 258 g/mol. The second-order valence-corrected chi connectivity index (χ2v) is 5.36. The Kier molecular flexibility index (Phi) is 4.55. The maximum Gasteiger partial charge on any atom is 0.319 e. The molecule has 6 heteroatoms. The van der Waals surface area contributed by atoms with Crippen LogP contribution in [0, 0.1) is 16.0 Å². The van der Waals surface area contributed by atoms with Gasteiger partial charge in [0, 0.05) is 23.9 Å². The maximum atomic E-state index is 11.9. The number of nitro groups is 1. The summed E-state index contributed by atoms with van der Waals surface area (Å²) in [5.74, 6) is 0.730. The van der Waals surface area contributed by atoms with Crippen LogP contribution >= 0.6 is 0 Å². The lowest BCUT2D eigenvalue weighted by molar-refractivity contribution is -0.384. The summed E-state index contributed by atoms with van der Waals surface area (Å²) in [4.78, 5) is 22.0. The van der Waals surface area contributed by atoms with Gasteiger partial charge >= 0.3 is 6.03 Å². The minimum Gasteiger partial charge on any atom is -0.335 e. The second-order valence-electron chi connectivity index (χ2n) is 5.36. The highest BCUT2D eigenvalue weighted by Crippen LogP contribution is 2.23. The SMILES string of the molecule is CC1CCC(NC(=O)Nc2cccc([N+](=O)[O-])c2)CC1. The minimum absolute atomic E-state index is 0.0331. The fourth-order valence-electron chi connectivity index (χ4n) is 2.45. The molecule has 0 heterocycles. The number of nitrogens with one attached hydrogen (secondary N) is 2. The van der Waals surface area contributed by atoms with E-state index in [1.807, 2.05) is 0 Å². The molecule has 1 aliphatic carbocycles. The molecule has 0 unspecified atom stereocenters. The van der Waals surface area contributed by atoms with Gasteiger partial charge in [0.15, 0.2) is 0 Å². The van der Waals surface area contributed by atoms with Gasteiger partial charge in [-0.05, 0) is 37.7 Å². The van der Waals surface area contributed by atoms with Crippen molar-refractivity contribution in [2.75, 3.05) is 5.32 Å². The number of carbonyl (C=O) groups is 1. The molecule has 2 amide bonds. The molecule has 1 aromatic carbocycles. The predicted molar refractivity (Wildman–Crippen MR) is 76.7 cm³/mol. The van der Waals surface area contributed by atoms with Gasteiger partial charge in [-0.1, -0.05) is 13.0 Å². The Morgan fingerprint density at radius 1 is 1.30 bits per heavy atom. The predicted octanol–water partition coefficient (Wildman–Crippen LogP) is 3.30. The molecule has 2 rings (SSSR count). The smallest absolute Gasteiger partial charge is 0.319 e. The highest BCUT2D eigenvalue weighted by molar-refractivity contribution is 5.89. The van der Waals surface area contributed by atoms with Crippen LogP contribution in [0.25, 0.3) is 0 Å². The summed E-state index contributed by atoms with van der Waals surface area (Å²) in [6.45, 7) is 2.22. The monoisotopic (exact) mass is 277 g/mol. The van der Waals surface area contributed by atoms with Crippen molar-refractivity contribution >= 4 is 17.4 Å². The third-order valence-electron chi connectivity index (χ3n) is 3.67. The normalized spacial score (nSPS) is 22.1. The third kappa shape index (κ3) is 3.94. The lowest BCUT2D eigenvalue weighted by atomic mass is 9.87. The van der Waals surface area contributed by atoms with Crippen LogP contribution in [0.4, 0.5) is 16.2 Å². The molecule has 0 saturated heterocycles. The molecule has 1 fully saturated rings. The molecule has 1 aliphatic rings. The molecule has 0 atom stereocenters. The third-order valence-corrected chi connectivity index (χ3v) is 3.67. The van der Waals surface area contributed by atoms with Crippen LogP contribution in [0.2, 0.25) is 0 Å². The first-order chi connectivity index (χ1) is 9.54. The van der Waals surface area contributed by atoms with Gasteiger partial charge in [0.1, 0.15) is 0 Å². The summed E-state index contributed by atoms with van der Waals surface area (Å²) < 4.78 is 0. The van der Waals surface area contributed by atoms with Gasteiger partial charge in [-0.25, -0.2) is 4.79 Å².